The topological polar surface area (TPSA) is 29.9 Å². The maximum Gasteiger partial charge on any atom is 0.0945 e. The summed E-state index contributed by atoms with van der Waals surface area (Å²) < 4.78 is 2.14. The molecule has 1 N–H and O–H groups in total. The van der Waals surface area contributed by atoms with E-state index >= 15 is 0 Å². The lowest BCUT2D eigenvalue weighted by Crippen LogP contribution is -2.40. The van der Waals surface area contributed by atoms with Gasteiger partial charge in [-0.2, -0.15) is 0 Å². The van der Waals surface area contributed by atoms with Gasteiger partial charge < -0.3 is 9.88 Å². The van der Waals surface area contributed by atoms with Crippen LogP contribution in [0, 0.1) is 5.92 Å². The summed E-state index contributed by atoms with van der Waals surface area (Å²) in [4.78, 5) is 4.03. The Bertz CT molecular complexity index is 262. The van der Waals surface area contributed by atoms with Crippen molar-refractivity contribution in [3.05, 3.63) is 18.7 Å². The van der Waals surface area contributed by atoms with E-state index in [2.05, 4.69) is 21.8 Å². The van der Waals surface area contributed by atoms with Gasteiger partial charge in [-0.05, 0) is 38.1 Å². The molecule has 0 atom stereocenters. The molecule has 1 aliphatic carbocycles. The molecule has 0 unspecified atom stereocenters. The van der Waals surface area contributed by atoms with Crippen LogP contribution in [0.1, 0.15) is 32.6 Å². The van der Waals surface area contributed by atoms with Gasteiger partial charge in [0, 0.05) is 25.0 Å². The molecule has 0 radical (unpaired) electrons. The minimum absolute atomic E-state index is 0.813. The van der Waals surface area contributed by atoms with Crippen molar-refractivity contribution in [2.75, 3.05) is 6.54 Å². The maximum atomic E-state index is 4.03. The largest absolute Gasteiger partial charge is 0.337 e. The molecule has 0 spiro atoms. The Kier molecular flexibility index (Phi) is 3.78. The molecule has 0 aliphatic heterocycles. The zero-order valence-corrected chi connectivity index (χ0v) is 9.52. The molecule has 0 amide bonds. The Morgan fingerprint density at radius 2 is 2.27 bits per heavy atom. The molecule has 0 bridgehead atoms. The van der Waals surface area contributed by atoms with Crippen molar-refractivity contribution in [1.29, 1.82) is 0 Å². The van der Waals surface area contributed by atoms with Gasteiger partial charge in [-0.15, -0.1) is 0 Å². The smallest absolute Gasteiger partial charge is 0.0945 e. The van der Waals surface area contributed by atoms with Crippen molar-refractivity contribution >= 4 is 0 Å². The molecule has 1 aromatic heterocycles. The molecular formula is C12H21N3. The first-order valence-corrected chi connectivity index (χ1v) is 6.03. The van der Waals surface area contributed by atoms with Gasteiger partial charge in [0.15, 0.2) is 0 Å². The van der Waals surface area contributed by atoms with E-state index in [1.807, 2.05) is 18.7 Å². The molecule has 0 saturated heterocycles. The number of imidazole rings is 1. The summed E-state index contributed by atoms with van der Waals surface area (Å²) in [7, 11) is 0. The number of unbranched alkanes of at least 4 members (excludes halogenated alkanes) is 1. The number of aryl methyl sites for hydroxylation is 1. The van der Waals surface area contributed by atoms with E-state index in [1.165, 1.54) is 32.2 Å². The van der Waals surface area contributed by atoms with Crippen molar-refractivity contribution in [2.45, 2.75) is 45.2 Å². The summed E-state index contributed by atoms with van der Waals surface area (Å²) in [6.07, 6.45) is 11.0. The van der Waals surface area contributed by atoms with E-state index in [1.54, 1.807) is 0 Å². The standard InChI is InChI=1S/C12H21N3/c1-11-8-12(9-11)14-4-2-3-6-15-7-5-13-10-15/h5,7,10-12,14H,2-4,6,8-9H2,1H3. The van der Waals surface area contributed by atoms with Crippen LogP contribution in [0.25, 0.3) is 0 Å². The first kappa shape index (κ1) is 10.7. The molecule has 3 nitrogen and oxygen atoms in total. The number of rotatable bonds is 6. The number of aromatic nitrogens is 2. The Hall–Kier alpha value is -0.830. The second-order valence-corrected chi connectivity index (χ2v) is 4.74. The van der Waals surface area contributed by atoms with Crippen LogP contribution < -0.4 is 5.32 Å². The highest BCUT2D eigenvalue weighted by Gasteiger charge is 2.23. The predicted octanol–water partition coefficient (Wildman–Crippen LogP) is 2.05. The molecule has 0 aromatic carbocycles. The van der Waals surface area contributed by atoms with Crippen molar-refractivity contribution in [3.63, 3.8) is 0 Å². The molecule has 3 heteroatoms. The Morgan fingerprint density at radius 1 is 1.40 bits per heavy atom. The second-order valence-electron chi connectivity index (χ2n) is 4.74. The quantitative estimate of drug-likeness (QED) is 0.724. The molecular weight excluding hydrogens is 186 g/mol. The summed E-state index contributed by atoms with van der Waals surface area (Å²) >= 11 is 0. The van der Waals surface area contributed by atoms with Gasteiger partial charge in [0.05, 0.1) is 6.33 Å². The van der Waals surface area contributed by atoms with Crippen LogP contribution in [-0.4, -0.2) is 22.1 Å². The SMILES string of the molecule is CC1CC(NCCCCn2ccnc2)C1. The lowest BCUT2D eigenvalue weighted by atomic mass is 9.82. The van der Waals surface area contributed by atoms with E-state index in [4.69, 9.17) is 0 Å². The number of nitrogens with one attached hydrogen (secondary N) is 1. The predicted molar refractivity (Wildman–Crippen MR) is 61.6 cm³/mol. The van der Waals surface area contributed by atoms with E-state index in [-0.39, 0.29) is 0 Å². The monoisotopic (exact) mass is 207 g/mol. The molecule has 2 rings (SSSR count). The molecule has 84 valence electrons. The fourth-order valence-corrected chi connectivity index (χ4v) is 2.21. The first-order valence-electron chi connectivity index (χ1n) is 6.03. The minimum Gasteiger partial charge on any atom is -0.337 e. The number of hydrogen-bond donors (Lipinski definition) is 1. The van der Waals surface area contributed by atoms with Crippen LogP contribution in [0.5, 0.6) is 0 Å². The first-order chi connectivity index (χ1) is 7.34. The third-order valence-electron chi connectivity index (χ3n) is 3.21. The average molecular weight is 207 g/mol. The highest BCUT2D eigenvalue weighted by Crippen LogP contribution is 2.25. The molecule has 1 heterocycles. The highest BCUT2D eigenvalue weighted by molar-refractivity contribution is 4.82. The molecule has 15 heavy (non-hydrogen) atoms. The summed E-state index contributed by atoms with van der Waals surface area (Å²) in [5, 5.41) is 3.60. The zero-order valence-electron chi connectivity index (χ0n) is 9.52. The molecule has 1 aromatic rings. The van der Waals surface area contributed by atoms with E-state index in [0.29, 0.717) is 0 Å². The third-order valence-corrected chi connectivity index (χ3v) is 3.21. The van der Waals surface area contributed by atoms with Crippen LogP contribution in [0.2, 0.25) is 0 Å². The fourth-order valence-electron chi connectivity index (χ4n) is 2.21. The van der Waals surface area contributed by atoms with Gasteiger partial charge in [-0.1, -0.05) is 6.92 Å². The Morgan fingerprint density at radius 3 is 2.93 bits per heavy atom. The van der Waals surface area contributed by atoms with Gasteiger partial charge in [0.25, 0.3) is 0 Å². The maximum absolute atomic E-state index is 4.03. The fraction of sp³-hybridized carbons (Fsp3) is 0.750. The third kappa shape index (κ3) is 3.34. The Labute approximate surface area is 91.9 Å². The lowest BCUT2D eigenvalue weighted by Gasteiger charge is -2.33. The second kappa shape index (κ2) is 5.31. The zero-order chi connectivity index (χ0) is 10.5. The summed E-state index contributed by atoms with van der Waals surface area (Å²) in [5.41, 5.74) is 0. The van der Waals surface area contributed by atoms with Crippen molar-refractivity contribution in [1.82, 2.24) is 14.9 Å². The van der Waals surface area contributed by atoms with Crippen molar-refractivity contribution in [2.24, 2.45) is 5.92 Å². The van der Waals surface area contributed by atoms with Gasteiger partial charge >= 0.3 is 0 Å². The van der Waals surface area contributed by atoms with Crippen molar-refractivity contribution < 1.29 is 0 Å². The lowest BCUT2D eigenvalue weighted by molar-refractivity contribution is 0.241. The molecule has 1 aliphatic rings. The number of nitrogens with zero attached hydrogens (tertiary/aromatic N) is 2. The molecule has 1 saturated carbocycles. The van der Waals surface area contributed by atoms with Crippen LogP contribution in [-0.2, 0) is 6.54 Å². The van der Waals surface area contributed by atoms with Gasteiger partial charge in [0.2, 0.25) is 0 Å². The van der Waals surface area contributed by atoms with E-state index < -0.39 is 0 Å². The van der Waals surface area contributed by atoms with Gasteiger partial charge in [0.1, 0.15) is 0 Å². The van der Waals surface area contributed by atoms with E-state index in [9.17, 15) is 0 Å². The Balaban J connectivity index is 1.46. The minimum atomic E-state index is 0.813. The summed E-state index contributed by atoms with van der Waals surface area (Å²) in [5.74, 6) is 0.952. The van der Waals surface area contributed by atoms with Gasteiger partial charge in [-0.3, -0.25) is 0 Å². The van der Waals surface area contributed by atoms with Crippen LogP contribution in [0.15, 0.2) is 18.7 Å². The van der Waals surface area contributed by atoms with Crippen LogP contribution >= 0.6 is 0 Å². The summed E-state index contributed by atoms with van der Waals surface area (Å²) in [6, 6.07) is 0.813. The normalized spacial score (nSPS) is 25.1. The highest BCUT2D eigenvalue weighted by atomic mass is 15.0. The van der Waals surface area contributed by atoms with Gasteiger partial charge in [-0.25, -0.2) is 4.98 Å². The van der Waals surface area contributed by atoms with Crippen molar-refractivity contribution in [3.8, 4) is 0 Å². The van der Waals surface area contributed by atoms with E-state index in [0.717, 1.165) is 18.5 Å². The number of hydrogen-bond acceptors (Lipinski definition) is 2. The van der Waals surface area contributed by atoms with Crippen LogP contribution in [0.3, 0.4) is 0 Å². The molecule has 1 fully saturated rings. The summed E-state index contributed by atoms with van der Waals surface area (Å²) in [6.45, 7) is 4.60. The average Bonchev–Trinajstić information content (AvgIpc) is 2.67. The van der Waals surface area contributed by atoms with Crippen LogP contribution in [0.4, 0.5) is 0 Å².